The Balaban J connectivity index is 2.35. The summed E-state index contributed by atoms with van der Waals surface area (Å²) in [5, 5.41) is 9.00. The molecule has 0 amide bonds. The first-order valence-electron chi connectivity index (χ1n) is 6.04. The van der Waals surface area contributed by atoms with Crippen molar-refractivity contribution in [2.75, 3.05) is 0 Å². The molecule has 2 rings (SSSR count). The van der Waals surface area contributed by atoms with Gasteiger partial charge in [0, 0.05) is 0 Å². The molecule has 0 unspecified atom stereocenters. The predicted molar refractivity (Wildman–Crippen MR) is 72.4 cm³/mol. The number of hydrogen-bond donors (Lipinski definition) is 1. The van der Waals surface area contributed by atoms with E-state index in [1.54, 1.807) is 6.92 Å². The van der Waals surface area contributed by atoms with E-state index in [9.17, 15) is 4.79 Å². The van der Waals surface area contributed by atoms with Crippen LogP contribution in [0.2, 0.25) is 0 Å². The summed E-state index contributed by atoms with van der Waals surface area (Å²) < 4.78 is 0. The minimum absolute atomic E-state index is 0.366. The van der Waals surface area contributed by atoms with Crippen molar-refractivity contribution in [3.8, 4) is 11.1 Å². The number of carboxylic acids is 1. The molecule has 18 heavy (non-hydrogen) atoms. The van der Waals surface area contributed by atoms with Crippen molar-refractivity contribution in [1.82, 2.24) is 0 Å². The molecule has 2 aromatic rings. The molecule has 0 bridgehead atoms. The molecule has 0 heterocycles. The summed E-state index contributed by atoms with van der Waals surface area (Å²) in [5.41, 5.74) is 3.33. The zero-order chi connectivity index (χ0) is 13.0. The Kier molecular flexibility index (Phi) is 3.78. The highest BCUT2D eigenvalue weighted by Gasteiger charge is 2.14. The SMILES string of the molecule is C[C@H](Cc1ccccc1-c1ccccc1)C(=O)O. The average molecular weight is 240 g/mol. The maximum atomic E-state index is 11.0. The summed E-state index contributed by atoms with van der Waals surface area (Å²) in [4.78, 5) is 11.0. The molecule has 0 aromatic heterocycles. The second kappa shape index (κ2) is 5.50. The van der Waals surface area contributed by atoms with E-state index in [0.29, 0.717) is 6.42 Å². The molecule has 0 aliphatic carbocycles. The molecule has 0 aliphatic heterocycles. The first kappa shape index (κ1) is 12.4. The number of carbonyl (C=O) groups is 1. The highest BCUT2D eigenvalue weighted by Crippen LogP contribution is 2.25. The molecule has 0 aliphatic rings. The molecule has 0 radical (unpaired) electrons. The summed E-state index contributed by atoms with van der Waals surface area (Å²) >= 11 is 0. The van der Waals surface area contributed by atoms with Gasteiger partial charge in [0.05, 0.1) is 5.92 Å². The van der Waals surface area contributed by atoms with Crippen LogP contribution < -0.4 is 0 Å². The summed E-state index contributed by atoms with van der Waals surface area (Å²) in [6.45, 7) is 1.74. The Morgan fingerprint density at radius 3 is 2.33 bits per heavy atom. The first-order chi connectivity index (χ1) is 8.68. The number of rotatable bonds is 4. The van der Waals surface area contributed by atoms with E-state index in [1.807, 2.05) is 54.6 Å². The lowest BCUT2D eigenvalue weighted by molar-refractivity contribution is -0.141. The molecule has 2 heteroatoms. The van der Waals surface area contributed by atoms with Crippen molar-refractivity contribution < 1.29 is 9.90 Å². The number of benzene rings is 2. The number of carboxylic acid groups (broad SMARTS) is 1. The van der Waals surface area contributed by atoms with E-state index in [0.717, 1.165) is 16.7 Å². The van der Waals surface area contributed by atoms with Gasteiger partial charge in [-0.15, -0.1) is 0 Å². The zero-order valence-corrected chi connectivity index (χ0v) is 10.3. The predicted octanol–water partition coefficient (Wildman–Crippen LogP) is 3.62. The molecule has 2 nitrogen and oxygen atoms in total. The van der Waals surface area contributed by atoms with Crippen LogP contribution >= 0.6 is 0 Å². The molecule has 92 valence electrons. The lowest BCUT2D eigenvalue weighted by Gasteiger charge is -2.12. The van der Waals surface area contributed by atoms with E-state index < -0.39 is 5.97 Å². The van der Waals surface area contributed by atoms with Gasteiger partial charge >= 0.3 is 5.97 Å². The van der Waals surface area contributed by atoms with E-state index in [-0.39, 0.29) is 5.92 Å². The lowest BCUT2D eigenvalue weighted by atomic mass is 9.93. The summed E-state index contributed by atoms with van der Waals surface area (Å²) in [6, 6.07) is 18.0. The van der Waals surface area contributed by atoms with Gasteiger partial charge in [-0.3, -0.25) is 4.79 Å². The van der Waals surface area contributed by atoms with E-state index in [4.69, 9.17) is 5.11 Å². The summed E-state index contributed by atoms with van der Waals surface area (Å²) in [5.74, 6) is -1.12. The average Bonchev–Trinajstić information content (AvgIpc) is 2.40. The fourth-order valence-corrected chi connectivity index (χ4v) is 2.01. The van der Waals surface area contributed by atoms with Crippen LogP contribution in [0.4, 0.5) is 0 Å². The Bertz CT molecular complexity index is 532. The molecule has 0 saturated heterocycles. The molecule has 2 aromatic carbocycles. The normalized spacial score (nSPS) is 12.1. The quantitative estimate of drug-likeness (QED) is 0.886. The standard InChI is InChI=1S/C16H16O2/c1-12(16(17)18)11-14-9-5-6-10-15(14)13-7-3-2-4-8-13/h2-10,12H,11H2,1H3,(H,17,18)/t12-/m1/s1. The smallest absolute Gasteiger partial charge is 0.306 e. The van der Waals surface area contributed by atoms with E-state index in [2.05, 4.69) is 0 Å². The highest BCUT2D eigenvalue weighted by molar-refractivity contribution is 5.72. The van der Waals surface area contributed by atoms with Crippen LogP contribution in [0, 0.1) is 5.92 Å². The molecule has 0 saturated carbocycles. The lowest BCUT2D eigenvalue weighted by Crippen LogP contribution is -2.12. The fourth-order valence-electron chi connectivity index (χ4n) is 2.01. The number of aliphatic carboxylic acids is 1. The second-order valence-corrected chi connectivity index (χ2v) is 4.47. The van der Waals surface area contributed by atoms with Crippen LogP contribution in [0.15, 0.2) is 54.6 Å². The van der Waals surface area contributed by atoms with Gasteiger partial charge in [0.1, 0.15) is 0 Å². The third-order valence-electron chi connectivity index (χ3n) is 3.05. The van der Waals surface area contributed by atoms with E-state index in [1.165, 1.54) is 0 Å². The third kappa shape index (κ3) is 2.77. The van der Waals surface area contributed by atoms with Crippen molar-refractivity contribution in [1.29, 1.82) is 0 Å². The Labute approximate surface area is 107 Å². The molecular weight excluding hydrogens is 224 g/mol. The first-order valence-corrected chi connectivity index (χ1v) is 6.04. The zero-order valence-electron chi connectivity index (χ0n) is 10.3. The largest absolute Gasteiger partial charge is 0.481 e. The van der Waals surface area contributed by atoms with Gasteiger partial charge in [-0.1, -0.05) is 61.5 Å². The van der Waals surface area contributed by atoms with Crippen molar-refractivity contribution >= 4 is 5.97 Å². The van der Waals surface area contributed by atoms with Gasteiger partial charge in [-0.2, -0.15) is 0 Å². The third-order valence-corrected chi connectivity index (χ3v) is 3.05. The van der Waals surface area contributed by atoms with Crippen LogP contribution in [0.3, 0.4) is 0 Å². The fraction of sp³-hybridized carbons (Fsp3) is 0.188. The maximum Gasteiger partial charge on any atom is 0.306 e. The van der Waals surface area contributed by atoms with Crippen LogP contribution in [0.25, 0.3) is 11.1 Å². The van der Waals surface area contributed by atoms with E-state index >= 15 is 0 Å². The molecule has 0 spiro atoms. The summed E-state index contributed by atoms with van der Waals surface area (Å²) in [7, 11) is 0. The highest BCUT2D eigenvalue weighted by atomic mass is 16.4. The molecule has 1 atom stereocenters. The van der Waals surface area contributed by atoms with Crippen LogP contribution in [-0.4, -0.2) is 11.1 Å². The Hall–Kier alpha value is -2.09. The summed E-state index contributed by atoms with van der Waals surface area (Å²) in [6.07, 6.45) is 0.556. The second-order valence-electron chi connectivity index (χ2n) is 4.47. The van der Waals surface area contributed by atoms with Crippen molar-refractivity contribution in [2.45, 2.75) is 13.3 Å². The Morgan fingerprint density at radius 1 is 1.06 bits per heavy atom. The molecule has 0 fully saturated rings. The molecular formula is C16H16O2. The maximum absolute atomic E-state index is 11.0. The minimum atomic E-state index is -0.752. The van der Waals surface area contributed by atoms with Gasteiger partial charge in [0.15, 0.2) is 0 Å². The molecule has 1 N–H and O–H groups in total. The van der Waals surface area contributed by atoms with Crippen molar-refractivity contribution in [3.05, 3.63) is 60.2 Å². The Morgan fingerprint density at radius 2 is 1.67 bits per heavy atom. The van der Waals surface area contributed by atoms with Crippen LogP contribution in [0.5, 0.6) is 0 Å². The van der Waals surface area contributed by atoms with Gasteiger partial charge < -0.3 is 5.11 Å². The van der Waals surface area contributed by atoms with Gasteiger partial charge in [-0.05, 0) is 23.1 Å². The van der Waals surface area contributed by atoms with Crippen LogP contribution in [-0.2, 0) is 11.2 Å². The number of hydrogen-bond acceptors (Lipinski definition) is 1. The van der Waals surface area contributed by atoms with Crippen molar-refractivity contribution in [2.24, 2.45) is 5.92 Å². The van der Waals surface area contributed by atoms with Gasteiger partial charge in [-0.25, -0.2) is 0 Å². The minimum Gasteiger partial charge on any atom is -0.481 e. The monoisotopic (exact) mass is 240 g/mol. The van der Waals surface area contributed by atoms with Gasteiger partial charge in [0.25, 0.3) is 0 Å². The van der Waals surface area contributed by atoms with Gasteiger partial charge in [0.2, 0.25) is 0 Å². The topological polar surface area (TPSA) is 37.3 Å². The van der Waals surface area contributed by atoms with Crippen molar-refractivity contribution in [3.63, 3.8) is 0 Å². The van der Waals surface area contributed by atoms with Crippen LogP contribution in [0.1, 0.15) is 12.5 Å².